The molecule has 4 atom stereocenters. The van der Waals surface area contributed by atoms with Crippen molar-refractivity contribution in [1.29, 1.82) is 0 Å². The number of carbonyl (C=O) groups is 1. The third-order valence-corrected chi connectivity index (χ3v) is 6.61. The number of likely N-dealkylation sites (N-methyl/N-ethyl adjacent to an activating group) is 1. The minimum absolute atomic E-state index is 0.232. The number of pyridine rings is 1. The normalized spacial score (nSPS) is 32.3. The molecule has 0 aromatic carbocycles. The molecule has 0 radical (unpaired) electrons. The van der Waals surface area contributed by atoms with E-state index in [2.05, 4.69) is 26.7 Å². The smallest absolute Gasteiger partial charge is 0.339 e. The zero-order valence-corrected chi connectivity index (χ0v) is 16.3. The van der Waals surface area contributed by atoms with Crippen LogP contribution in [0.4, 0.5) is 5.82 Å². The van der Waals surface area contributed by atoms with E-state index in [9.17, 15) is 9.90 Å². The van der Waals surface area contributed by atoms with Crippen molar-refractivity contribution >= 4 is 11.8 Å². The highest BCUT2D eigenvalue weighted by atomic mass is 16.5. The predicted molar refractivity (Wildman–Crippen MR) is 103 cm³/mol. The summed E-state index contributed by atoms with van der Waals surface area (Å²) < 4.78 is 4.74. The Labute approximate surface area is 160 Å². The van der Waals surface area contributed by atoms with Crippen molar-refractivity contribution in [2.45, 2.75) is 25.0 Å². The lowest BCUT2D eigenvalue weighted by molar-refractivity contribution is -0.0249. The maximum Gasteiger partial charge on any atom is 0.339 e. The third-order valence-electron chi connectivity index (χ3n) is 6.61. The predicted octanol–water partition coefficient (Wildman–Crippen LogP) is 0.691. The Bertz CT molecular complexity index is 660. The molecule has 2 saturated heterocycles. The van der Waals surface area contributed by atoms with E-state index in [4.69, 9.17) is 4.74 Å². The van der Waals surface area contributed by atoms with E-state index in [1.165, 1.54) is 7.11 Å². The summed E-state index contributed by atoms with van der Waals surface area (Å²) in [6, 6.07) is 3.96. The molecule has 3 aliphatic rings. The summed E-state index contributed by atoms with van der Waals surface area (Å²) >= 11 is 0. The van der Waals surface area contributed by atoms with Crippen molar-refractivity contribution in [1.82, 2.24) is 14.8 Å². The summed E-state index contributed by atoms with van der Waals surface area (Å²) in [5.74, 6) is 1.66. The molecule has 1 N–H and O–H groups in total. The van der Waals surface area contributed by atoms with Gasteiger partial charge in [-0.3, -0.25) is 4.90 Å². The van der Waals surface area contributed by atoms with E-state index < -0.39 is 0 Å². The Morgan fingerprint density at radius 3 is 2.48 bits per heavy atom. The van der Waals surface area contributed by atoms with Crippen LogP contribution in [-0.2, 0) is 4.74 Å². The van der Waals surface area contributed by atoms with Gasteiger partial charge in [0.25, 0.3) is 0 Å². The first kappa shape index (κ1) is 18.7. The fraction of sp³-hybridized carbons (Fsp3) is 0.700. The van der Waals surface area contributed by atoms with Crippen LogP contribution in [0.1, 0.15) is 23.2 Å². The van der Waals surface area contributed by atoms with Gasteiger partial charge in [-0.25, -0.2) is 9.78 Å². The number of ether oxygens (including phenoxy) is 1. The molecule has 7 heteroatoms. The first-order chi connectivity index (χ1) is 13.0. The number of rotatable bonds is 3. The summed E-state index contributed by atoms with van der Waals surface area (Å²) in [6.45, 7) is 6.18. The number of nitrogens with zero attached hydrogens (tertiary/aromatic N) is 4. The molecule has 27 heavy (non-hydrogen) atoms. The molecule has 1 aliphatic carbocycles. The fourth-order valence-corrected chi connectivity index (χ4v) is 4.95. The maximum absolute atomic E-state index is 11.6. The van der Waals surface area contributed by atoms with Gasteiger partial charge in [0.15, 0.2) is 0 Å². The second-order valence-electron chi connectivity index (χ2n) is 8.27. The largest absolute Gasteiger partial charge is 0.465 e. The number of fused-ring (bicyclic) bond motifs is 1. The van der Waals surface area contributed by atoms with E-state index in [0.29, 0.717) is 17.4 Å². The summed E-state index contributed by atoms with van der Waals surface area (Å²) in [5.41, 5.74) is 0.475. The first-order valence-electron chi connectivity index (χ1n) is 9.95. The van der Waals surface area contributed by atoms with Crippen LogP contribution in [0.5, 0.6) is 0 Å². The third kappa shape index (κ3) is 3.81. The van der Waals surface area contributed by atoms with Crippen LogP contribution < -0.4 is 4.90 Å². The van der Waals surface area contributed by atoms with Gasteiger partial charge in [0, 0.05) is 51.5 Å². The molecule has 0 bridgehead atoms. The lowest BCUT2D eigenvalue weighted by Crippen LogP contribution is -2.55. The molecule has 1 saturated carbocycles. The second kappa shape index (κ2) is 7.73. The molecule has 1 aromatic rings. The van der Waals surface area contributed by atoms with E-state index in [1.54, 1.807) is 12.3 Å². The number of carbonyl (C=O) groups excluding carboxylic acids is 1. The Balaban J connectivity index is 1.40. The van der Waals surface area contributed by atoms with Crippen molar-refractivity contribution in [2.75, 3.05) is 58.3 Å². The van der Waals surface area contributed by atoms with Gasteiger partial charge in [0.05, 0.1) is 18.8 Å². The molecular formula is C20H30N4O3. The van der Waals surface area contributed by atoms with Gasteiger partial charge in [-0.05, 0) is 43.9 Å². The molecule has 3 heterocycles. The highest BCUT2D eigenvalue weighted by molar-refractivity contribution is 5.89. The van der Waals surface area contributed by atoms with Crippen LogP contribution >= 0.6 is 0 Å². The molecule has 2 aliphatic heterocycles. The topological polar surface area (TPSA) is 69.1 Å². The number of hydrogen-bond donors (Lipinski definition) is 1. The van der Waals surface area contributed by atoms with E-state index in [1.807, 2.05) is 6.07 Å². The highest BCUT2D eigenvalue weighted by Gasteiger charge is 2.44. The number of hydrogen-bond acceptors (Lipinski definition) is 7. The number of esters is 1. The van der Waals surface area contributed by atoms with E-state index >= 15 is 0 Å². The van der Waals surface area contributed by atoms with Gasteiger partial charge in [-0.15, -0.1) is 0 Å². The number of aromatic nitrogens is 1. The average Bonchev–Trinajstić information content (AvgIpc) is 3.10. The second-order valence-corrected chi connectivity index (χ2v) is 8.27. The van der Waals surface area contributed by atoms with Gasteiger partial charge in [0.2, 0.25) is 0 Å². The molecule has 0 unspecified atom stereocenters. The molecule has 148 valence electrons. The van der Waals surface area contributed by atoms with Gasteiger partial charge in [-0.1, -0.05) is 0 Å². The van der Waals surface area contributed by atoms with Gasteiger partial charge < -0.3 is 19.6 Å². The van der Waals surface area contributed by atoms with Crippen molar-refractivity contribution in [3.05, 3.63) is 23.9 Å². The van der Waals surface area contributed by atoms with Crippen LogP contribution in [0, 0.1) is 11.8 Å². The Kier molecular flexibility index (Phi) is 5.34. The van der Waals surface area contributed by atoms with Crippen LogP contribution in [0.25, 0.3) is 0 Å². The first-order valence-corrected chi connectivity index (χ1v) is 9.95. The van der Waals surface area contributed by atoms with E-state index in [0.717, 1.165) is 57.9 Å². The minimum atomic E-state index is -0.359. The molecular weight excluding hydrogens is 344 g/mol. The van der Waals surface area contributed by atoms with Gasteiger partial charge >= 0.3 is 5.97 Å². The number of aliphatic hydroxyl groups is 1. The Morgan fingerprint density at radius 1 is 1.15 bits per heavy atom. The maximum atomic E-state index is 11.6. The van der Waals surface area contributed by atoms with Gasteiger partial charge in [-0.2, -0.15) is 0 Å². The van der Waals surface area contributed by atoms with Crippen LogP contribution in [0.15, 0.2) is 18.3 Å². The quantitative estimate of drug-likeness (QED) is 0.781. The number of aliphatic hydroxyl groups excluding tert-OH is 1. The molecule has 3 fully saturated rings. The monoisotopic (exact) mass is 374 g/mol. The van der Waals surface area contributed by atoms with Gasteiger partial charge in [0.1, 0.15) is 5.82 Å². The van der Waals surface area contributed by atoms with E-state index in [-0.39, 0.29) is 18.1 Å². The molecule has 7 nitrogen and oxygen atoms in total. The molecule has 0 spiro atoms. The minimum Gasteiger partial charge on any atom is -0.465 e. The van der Waals surface area contributed by atoms with Crippen molar-refractivity contribution in [3.8, 4) is 0 Å². The Morgan fingerprint density at radius 2 is 1.85 bits per heavy atom. The van der Waals surface area contributed by atoms with Crippen LogP contribution in [0.2, 0.25) is 0 Å². The van der Waals surface area contributed by atoms with Crippen LogP contribution in [0.3, 0.4) is 0 Å². The lowest BCUT2D eigenvalue weighted by Gasteiger charge is -2.44. The summed E-state index contributed by atoms with van der Waals surface area (Å²) in [7, 11) is 3.54. The lowest BCUT2D eigenvalue weighted by atomic mass is 9.77. The van der Waals surface area contributed by atoms with Crippen molar-refractivity contribution in [3.63, 3.8) is 0 Å². The molecule has 4 rings (SSSR count). The Hall–Kier alpha value is -1.70. The van der Waals surface area contributed by atoms with Crippen LogP contribution in [-0.4, -0.2) is 91.4 Å². The summed E-state index contributed by atoms with van der Waals surface area (Å²) in [6.07, 6.45) is 3.29. The highest BCUT2D eigenvalue weighted by Crippen LogP contribution is 2.39. The fourth-order valence-electron chi connectivity index (χ4n) is 4.95. The zero-order valence-electron chi connectivity index (χ0n) is 16.3. The standard InChI is InChI=1S/C20H30N4O3/c1-22-5-7-23(8-6-22)17-9-15-12-24(13-16(15)10-18(17)25)19-4-3-14(11-21-19)20(26)27-2/h3-4,11,15-18,25H,5-10,12-13H2,1-2H3/t15-,16+,17-,18-/m1/s1. The van der Waals surface area contributed by atoms with Crippen molar-refractivity contribution in [2.24, 2.45) is 11.8 Å². The molecule has 0 amide bonds. The zero-order chi connectivity index (χ0) is 19.0. The number of anilines is 1. The summed E-state index contributed by atoms with van der Waals surface area (Å²) in [5, 5.41) is 10.8. The number of piperazine rings is 1. The number of methoxy groups -OCH3 is 1. The van der Waals surface area contributed by atoms with Crippen molar-refractivity contribution < 1.29 is 14.6 Å². The average molecular weight is 374 g/mol. The molecule has 1 aromatic heterocycles. The SMILES string of the molecule is COC(=O)c1ccc(N2C[C@H]3C[C@@H](N4CCN(C)CC4)[C@H](O)C[C@H]3C2)nc1. The summed E-state index contributed by atoms with van der Waals surface area (Å²) in [4.78, 5) is 23.2.